The molecule has 7 heteroatoms. The lowest BCUT2D eigenvalue weighted by atomic mass is 10.1. The molecule has 0 N–H and O–H groups in total. The van der Waals surface area contributed by atoms with Crippen LogP contribution in [0, 0.1) is 0 Å². The molecule has 0 bridgehead atoms. The van der Waals surface area contributed by atoms with E-state index in [1.54, 1.807) is 47.1 Å². The Morgan fingerprint density at radius 2 is 1.77 bits per heavy atom. The minimum Gasteiger partial charge on any atom is -0.305 e. The maximum atomic E-state index is 14.4. The van der Waals surface area contributed by atoms with Gasteiger partial charge in [0.1, 0.15) is 5.67 Å². The molecule has 0 saturated heterocycles. The molecule has 26 heavy (non-hydrogen) atoms. The summed E-state index contributed by atoms with van der Waals surface area (Å²) in [6, 6.07) is 8.53. The molecule has 0 atom stereocenters. The Kier molecular flexibility index (Phi) is 3.16. The quantitative estimate of drug-likeness (QED) is 0.612. The molecule has 1 aliphatic carbocycles. The number of carbonyl (C=O) groups is 2. The number of rotatable bonds is 3. The zero-order valence-corrected chi connectivity index (χ0v) is 15.2. The van der Waals surface area contributed by atoms with Crippen molar-refractivity contribution < 1.29 is 14.0 Å². The predicted molar refractivity (Wildman–Crippen MR) is 95.6 cm³/mol. The highest BCUT2D eigenvalue weighted by Gasteiger charge is 2.45. The number of nitrogens with zero attached hydrogens (tertiary/aromatic N) is 3. The van der Waals surface area contributed by atoms with E-state index in [0.29, 0.717) is 45.3 Å². The largest absolute Gasteiger partial charge is 0.305 e. The number of halogens is 2. The van der Waals surface area contributed by atoms with Gasteiger partial charge in [-0.2, -0.15) is 0 Å². The van der Waals surface area contributed by atoms with Crippen molar-refractivity contribution in [2.24, 2.45) is 0 Å². The van der Waals surface area contributed by atoms with E-state index in [-0.39, 0.29) is 18.4 Å². The van der Waals surface area contributed by atoms with Gasteiger partial charge in [-0.3, -0.25) is 14.5 Å². The van der Waals surface area contributed by atoms with Crippen molar-refractivity contribution in [1.82, 2.24) is 14.3 Å². The highest BCUT2D eigenvalue weighted by molar-refractivity contribution is 9.10. The van der Waals surface area contributed by atoms with Gasteiger partial charge in [-0.15, -0.1) is 0 Å². The first-order valence-corrected chi connectivity index (χ1v) is 9.07. The Morgan fingerprint density at radius 3 is 2.38 bits per heavy atom. The molecule has 1 saturated carbocycles. The van der Waals surface area contributed by atoms with Crippen LogP contribution in [-0.4, -0.2) is 26.1 Å². The summed E-state index contributed by atoms with van der Waals surface area (Å²) in [5, 5.41) is 0. The molecular weight excluding hydrogens is 401 g/mol. The van der Waals surface area contributed by atoms with Gasteiger partial charge in [0.15, 0.2) is 5.65 Å². The Bertz CT molecular complexity index is 1070. The maximum Gasteiger partial charge on any atom is 0.261 e. The number of hydrogen-bond donors (Lipinski definition) is 0. The predicted octanol–water partition coefficient (Wildman–Crippen LogP) is 3.85. The van der Waals surface area contributed by atoms with Crippen molar-refractivity contribution in [3.05, 3.63) is 69.6 Å². The van der Waals surface area contributed by atoms with E-state index in [2.05, 4.69) is 20.9 Å². The van der Waals surface area contributed by atoms with Gasteiger partial charge in [-0.05, 0) is 47.0 Å². The number of alkyl halides is 1. The number of aromatic nitrogens is 2. The minimum atomic E-state index is -1.25. The van der Waals surface area contributed by atoms with Crippen LogP contribution in [0.15, 0.2) is 47.2 Å². The highest BCUT2D eigenvalue weighted by atomic mass is 79.9. The molecule has 0 radical (unpaired) electrons. The number of pyridine rings is 1. The molecule has 5 nitrogen and oxygen atoms in total. The van der Waals surface area contributed by atoms with Gasteiger partial charge in [0, 0.05) is 18.0 Å². The summed E-state index contributed by atoms with van der Waals surface area (Å²) < 4.78 is 16.8. The first kappa shape index (κ1) is 15.7. The average Bonchev–Trinajstić information content (AvgIpc) is 3.17. The van der Waals surface area contributed by atoms with E-state index < -0.39 is 5.67 Å². The summed E-state index contributed by atoms with van der Waals surface area (Å²) in [6.45, 7) is 0.0799. The number of benzene rings is 1. The van der Waals surface area contributed by atoms with Gasteiger partial charge in [0.05, 0.1) is 27.8 Å². The number of amides is 2. The molecular formula is C19H13BrFN3O2. The third-order valence-corrected chi connectivity index (χ3v) is 5.54. The first-order chi connectivity index (χ1) is 12.5. The third-order valence-electron chi connectivity index (χ3n) is 4.96. The number of carbonyl (C=O) groups excluding carboxylic acids is 2. The van der Waals surface area contributed by atoms with E-state index in [9.17, 15) is 14.0 Å². The van der Waals surface area contributed by atoms with Crippen LogP contribution >= 0.6 is 15.9 Å². The van der Waals surface area contributed by atoms with Crippen LogP contribution in [0.1, 0.15) is 44.8 Å². The molecule has 2 aliphatic rings. The van der Waals surface area contributed by atoms with Crippen LogP contribution in [0.25, 0.3) is 5.65 Å². The van der Waals surface area contributed by atoms with E-state index in [1.165, 1.54) is 4.90 Å². The molecule has 0 unspecified atom stereocenters. The van der Waals surface area contributed by atoms with Gasteiger partial charge < -0.3 is 4.40 Å². The molecule has 3 aromatic rings. The van der Waals surface area contributed by atoms with E-state index in [1.807, 2.05) is 0 Å². The second kappa shape index (κ2) is 5.23. The van der Waals surface area contributed by atoms with Crippen molar-refractivity contribution in [2.45, 2.75) is 25.1 Å². The number of fused-ring (bicyclic) bond motifs is 2. The molecule has 2 amide bonds. The van der Waals surface area contributed by atoms with Crippen molar-refractivity contribution in [1.29, 1.82) is 0 Å². The van der Waals surface area contributed by atoms with Gasteiger partial charge in [0.25, 0.3) is 11.8 Å². The number of imidazole rings is 1. The van der Waals surface area contributed by atoms with Gasteiger partial charge in [0.2, 0.25) is 0 Å². The Morgan fingerprint density at radius 1 is 1.12 bits per heavy atom. The lowest BCUT2D eigenvalue weighted by Gasteiger charge is -2.11. The number of hydrogen-bond acceptors (Lipinski definition) is 3. The summed E-state index contributed by atoms with van der Waals surface area (Å²) >= 11 is 3.44. The molecule has 1 aromatic carbocycles. The first-order valence-electron chi connectivity index (χ1n) is 8.28. The third kappa shape index (κ3) is 2.23. The summed E-state index contributed by atoms with van der Waals surface area (Å²) in [6.07, 6.45) is 4.52. The zero-order chi connectivity index (χ0) is 18.1. The SMILES string of the molecule is O=C1c2ccccc2C(=O)N1Cc1cn2cc(C3(F)CC3)cc(Br)c2n1. The summed E-state index contributed by atoms with van der Waals surface area (Å²) in [5.74, 6) is -0.633. The molecule has 1 aliphatic heterocycles. The molecule has 3 heterocycles. The second-order valence-electron chi connectivity index (χ2n) is 6.75. The topological polar surface area (TPSA) is 54.7 Å². The molecule has 0 spiro atoms. The van der Waals surface area contributed by atoms with Crippen LogP contribution in [0.4, 0.5) is 4.39 Å². The van der Waals surface area contributed by atoms with Crippen LogP contribution in [0.2, 0.25) is 0 Å². The normalized spacial score (nSPS) is 17.8. The lowest BCUT2D eigenvalue weighted by molar-refractivity contribution is 0.0640. The monoisotopic (exact) mass is 413 g/mol. The summed E-state index contributed by atoms with van der Waals surface area (Å²) in [4.78, 5) is 30.7. The standard InChI is InChI=1S/C19H13BrFN3O2/c20-15-7-11(19(21)5-6-19)8-23-9-12(22-16(15)23)10-24-17(25)13-3-1-2-4-14(13)18(24)26/h1-4,7-9H,5-6,10H2. The van der Waals surface area contributed by atoms with Crippen LogP contribution in [0.5, 0.6) is 0 Å². The van der Waals surface area contributed by atoms with Gasteiger partial charge in [-0.25, -0.2) is 9.37 Å². The van der Waals surface area contributed by atoms with Gasteiger partial charge in [-0.1, -0.05) is 12.1 Å². The van der Waals surface area contributed by atoms with Crippen LogP contribution in [0.3, 0.4) is 0 Å². The van der Waals surface area contributed by atoms with Crippen LogP contribution in [-0.2, 0) is 12.2 Å². The van der Waals surface area contributed by atoms with Crippen molar-refractivity contribution in [3.63, 3.8) is 0 Å². The Balaban J connectivity index is 1.50. The van der Waals surface area contributed by atoms with Crippen LogP contribution < -0.4 is 0 Å². The van der Waals surface area contributed by atoms with Gasteiger partial charge >= 0.3 is 0 Å². The maximum absolute atomic E-state index is 14.4. The molecule has 5 rings (SSSR count). The fourth-order valence-corrected chi connectivity index (χ4v) is 3.91. The Hall–Kier alpha value is -2.54. The summed E-state index contributed by atoms with van der Waals surface area (Å²) in [7, 11) is 0. The van der Waals surface area contributed by atoms with Crippen molar-refractivity contribution in [3.8, 4) is 0 Å². The lowest BCUT2D eigenvalue weighted by Crippen LogP contribution is -2.29. The Labute approximate surface area is 156 Å². The van der Waals surface area contributed by atoms with E-state index in [0.717, 1.165) is 0 Å². The van der Waals surface area contributed by atoms with E-state index in [4.69, 9.17) is 0 Å². The molecule has 2 aromatic heterocycles. The van der Waals surface area contributed by atoms with Crippen molar-refractivity contribution >= 4 is 33.4 Å². The summed E-state index contributed by atoms with van der Waals surface area (Å²) in [5.41, 5.74) is 1.40. The fraction of sp³-hybridized carbons (Fsp3) is 0.211. The second-order valence-corrected chi connectivity index (χ2v) is 7.60. The fourth-order valence-electron chi connectivity index (χ4n) is 3.37. The minimum absolute atomic E-state index is 0.0799. The van der Waals surface area contributed by atoms with Crippen molar-refractivity contribution in [2.75, 3.05) is 0 Å². The molecule has 1 fully saturated rings. The van der Waals surface area contributed by atoms with E-state index >= 15 is 0 Å². The zero-order valence-electron chi connectivity index (χ0n) is 13.6. The number of imide groups is 1. The highest BCUT2D eigenvalue weighted by Crippen LogP contribution is 2.50. The average molecular weight is 414 g/mol. The molecule has 130 valence electrons. The smallest absolute Gasteiger partial charge is 0.261 e.